The van der Waals surface area contributed by atoms with E-state index in [1.165, 1.54) is 11.0 Å². The number of carbonyl (C=O) groups excluding carboxylic acids is 1. The van der Waals surface area contributed by atoms with Crippen LogP contribution in [-0.2, 0) is 4.79 Å². The van der Waals surface area contributed by atoms with Crippen LogP contribution >= 0.6 is 11.3 Å². The van der Waals surface area contributed by atoms with Gasteiger partial charge in [0.05, 0.1) is 16.1 Å². The minimum atomic E-state index is -0.0336. The van der Waals surface area contributed by atoms with Crippen molar-refractivity contribution in [2.75, 3.05) is 23.3 Å². The number of rotatable bonds is 3. The summed E-state index contributed by atoms with van der Waals surface area (Å²) >= 11 is 1.66. The van der Waals surface area contributed by atoms with E-state index in [2.05, 4.69) is 30.9 Å². The maximum absolute atomic E-state index is 12.0. The molecule has 106 valence electrons. The van der Waals surface area contributed by atoms with Crippen molar-refractivity contribution in [2.24, 2.45) is 5.92 Å². The first kappa shape index (κ1) is 12.3. The van der Waals surface area contributed by atoms with Crippen LogP contribution in [0.4, 0.5) is 10.9 Å². The highest BCUT2D eigenvalue weighted by Crippen LogP contribution is 2.32. The van der Waals surface area contributed by atoms with Crippen LogP contribution in [-0.4, -0.2) is 29.1 Å². The summed E-state index contributed by atoms with van der Waals surface area (Å²) in [6.45, 7) is 1.37. The summed E-state index contributed by atoms with van der Waals surface area (Å²) in [6, 6.07) is 9.68. The van der Waals surface area contributed by atoms with Gasteiger partial charge in [0.1, 0.15) is 6.26 Å². The van der Waals surface area contributed by atoms with Crippen molar-refractivity contribution >= 4 is 38.4 Å². The van der Waals surface area contributed by atoms with Crippen molar-refractivity contribution in [3.05, 3.63) is 36.6 Å². The molecule has 0 unspecified atom stereocenters. The van der Waals surface area contributed by atoms with Gasteiger partial charge in [-0.05, 0) is 12.1 Å². The molecule has 0 aliphatic carbocycles. The molecule has 1 aromatic carbocycles. The second-order valence-corrected chi connectivity index (χ2v) is 5.95. The zero-order chi connectivity index (χ0) is 14.2. The zero-order valence-corrected chi connectivity index (χ0v) is 11.8. The Morgan fingerprint density at radius 3 is 2.95 bits per heavy atom. The summed E-state index contributed by atoms with van der Waals surface area (Å²) in [5.74, 6) is 0.397. The van der Waals surface area contributed by atoms with Gasteiger partial charge in [-0.1, -0.05) is 28.6 Å². The summed E-state index contributed by atoms with van der Waals surface area (Å²) in [5.41, 5.74) is 1.01. The van der Waals surface area contributed by atoms with Crippen LogP contribution in [0.2, 0.25) is 0 Å². The van der Waals surface area contributed by atoms with Crippen LogP contribution in [0.25, 0.3) is 10.2 Å². The predicted molar refractivity (Wildman–Crippen MR) is 80.5 cm³/mol. The smallest absolute Gasteiger partial charge is 0.232 e. The molecule has 6 nitrogen and oxygen atoms in total. The number of nitrogens with one attached hydrogen (secondary N) is 1. The van der Waals surface area contributed by atoms with Crippen LogP contribution in [0.3, 0.4) is 0 Å². The molecule has 0 radical (unpaired) electrons. The average Bonchev–Trinajstić information content (AvgIpc) is 3.05. The van der Waals surface area contributed by atoms with Crippen LogP contribution in [0.15, 0.2) is 41.1 Å². The maximum atomic E-state index is 12.0. The molecule has 4 rings (SSSR count). The van der Waals surface area contributed by atoms with Gasteiger partial charge < -0.3 is 14.7 Å². The number of thiazole rings is 1. The summed E-state index contributed by atoms with van der Waals surface area (Å²) in [5, 5.41) is 7.38. The highest BCUT2D eigenvalue weighted by molar-refractivity contribution is 7.22. The Hall–Kier alpha value is -2.41. The second kappa shape index (κ2) is 4.85. The molecule has 1 aliphatic heterocycles. The Morgan fingerprint density at radius 1 is 1.33 bits per heavy atom. The van der Waals surface area contributed by atoms with Crippen LogP contribution in [0, 0.1) is 5.92 Å². The first-order valence-electron chi connectivity index (χ1n) is 6.61. The number of fused-ring (bicyclic) bond motifs is 1. The van der Waals surface area contributed by atoms with E-state index in [0.717, 1.165) is 10.6 Å². The van der Waals surface area contributed by atoms with Crippen molar-refractivity contribution in [3.63, 3.8) is 0 Å². The van der Waals surface area contributed by atoms with Gasteiger partial charge in [-0.3, -0.25) is 4.79 Å². The van der Waals surface area contributed by atoms with Crippen molar-refractivity contribution in [1.82, 2.24) is 10.1 Å². The summed E-state index contributed by atoms with van der Waals surface area (Å²) < 4.78 is 5.86. The molecule has 1 saturated heterocycles. The highest BCUT2D eigenvalue weighted by Gasteiger charge is 2.34. The molecule has 1 fully saturated rings. The van der Waals surface area contributed by atoms with E-state index in [4.69, 9.17) is 0 Å². The Morgan fingerprint density at radius 2 is 2.19 bits per heavy atom. The van der Waals surface area contributed by atoms with Gasteiger partial charge in [0.15, 0.2) is 10.9 Å². The SMILES string of the molecule is O=C(Nc1ccon1)C1CN(c2nc3ccccc3s2)C1. The van der Waals surface area contributed by atoms with E-state index in [9.17, 15) is 4.79 Å². The molecule has 3 heterocycles. The molecule has 0 bridgehead atoms. The molecule has 2 aromatic heterocycles. The number of hydrogen-bond acceptors (Lipinski definition) is 6. The minimum Gasteiger partial charge on any atom is -0.363 e. The van der Waals surface area contributed by atoms with E-state index < -0.39 is 0 Å². The summed E-state index contributed by atoms with van der Waals surface area (Å²) in [7, 11) is 0. The molecular formula is C14H12N4O2S. The number of benzene rings is 1. The van der Waals surface area contributed by atoms with E-state index in [0.29, 0.717) is 18.9 Å². The summed E-state index contributed by atoms with van der Waals surface area (Å²) in [4.78, 5) is 18.7. The Labute approximate surface area is 124 Å². The van der Waals surface area contributed by atoms with Gasteiger partial charge in [0.25, 0.3) is 0 Å². The van der Waals surface area contributed by atoms with Gasteiger partial charge in [-0.15, -0.1) is 0 Å². The molecule has 0 saturated carbocycles. The Bertz CT molecular complexity index is 744. The van der Waals surface area contributed by atoms with Crippen LogP contribution < -0.4 is 10.2 Å². The molecular weight excluding hydrogens is 288 g/mol. The van der Waals surface area contributed by atoms with E-state index in [1.54, 1.807) is 17.4 Å². The summed E-state index contributed by atoms with van der Waals surface area (Å²) in [6.07, 6.45) is 1.43. The standard InChI is InChI=1S/C14H12N4O2S/c19-13(16-12-5-6-20-17-12)9-7-18(8-9)14-15-10-3-1-2-4-11(10)21-14/h1-6,9H,7-8H2,(H,16,17,19). The number of hydrogen-bond donors (Lipinski definition) is 1. The van der Waals surface area contributed by atoms with Crippen molar-refractivity contribution in [2.45, 2.75) is 0 Å². The fraction of sp³-hybridized carbons (Fsp3) is 0.214. The fourth-order valence-corrected chi connectivity index (χ4v) is 3.28. The van der Waals surface area contributed by atoms with Crippen molar-refractivity contribution < 1.29 is 9.32 Å². The average molecular weight is 300 g/mol. The quantitative estimate of drug-likeness (QED) is 0.804. The van der Waals surface area contributed by atoms with E-state index in [1.807, 2.05) is 18.2 Å². The van der Waals surface area contributed by atoms with E-state index >= 15 is 0 Å². The number of anilines is 2. The van der Waals surface area contributed by atoms with Gasteiger partial charge in [-0.25, -0.2) is 4.98 Å². The molecule has 0 spiro atoms. The van der Waals surface area contributed by atoms with Crippen molar-refractivity contribution in [1.29, 1.82) is 0 Å². The highest BCUT2D eigenvalue weighted by atomic mass is 32.1. The third kappa shape index (κ3) is 2.25. The largest absolute Gasteiger partial charge is 0.363 e. The monoisotopic (exact) mass is 300 g/mol. The molecule has 21 heavy (non-hydrogen) atoms. The Kier molecular flexibility index (Phi) is 2.85. The number of nitrogens with zero attached hydrogens (tertiary/aromatic N) is 3. The second-order valence-electron chi connectivity index (χ2n) is 4.94. The van der Waals surface area contributed by atoms with Crippen LogP contribution in [0.1, 0.15) is 0 Å². The lowest BCUT2D eigenvalue weighted by Crippen LogP contribution is -2.52. The number of aromatic nitrogens is 2. The molecule has 1 N–H and O–H groups in total. The number of amides is 1. The first-order valence-corrected chi connectivity index (χ1v) is 7.43. The lowest BCUT2D eigenvalue weighted by molar-refractivity contribution is -0.120. The third-order valence-corrected chi connectivity index (χ3v) is 4.59. The molecule has 1 aliphatic rings. The molecule has 1 amide bonds. The lowest BCUT2D eigenvalue weighted by Gasteiger charge is -2.37. The number of para-hydroxylation sites is 1. The van der Waals surface area contributed by atoms with Gasteiger partial charge >= 0.3 is 0 Å². The topological polar surface area (TPSA) is 71.3 Å². The third-order valence-electron chi connectivity index (χ3n) is 3.49. The predicted octanol–water partition coefficient (Wildman–Crippen LogP) is 2.36. The fourth-order valence-electron chi connectivity index (χ4n) is 2.30. The van der Waals surface area contributed by atoms with E-state index in [-0.39, 0.29) is 11.8 Å². The van der Waals surface area contributed by atoms with Gasteiger partial charge in [0.2, 0.25) is 5.91 Å². The van der Waals surface area contributed by atoms with Gasteiger partial charge in [-0.2, -0.15) is 0 Å². The molecule has 3 aromatic rings. The molecule has 7 heteroatoms. The minimum absolute atomic E-state index is 0.0266. The number of carbonyl (C=O) groups is 1. The van der Waals surface area contributed by atoms with Crippen LogP contribution in [0.5, 0.6) is 0 Å². The Balaban J connectivity index is 1.41. The normalized spacial score (nSPS) is 15.1. The lowest BCUT2D eigenvalue weighted by atomic mass is 10.0. The maximum Gasteiger partial charge on any atom is 0.232 e. The first-order chi connectivity index (χ1) is 10.3. The van der Waals surface area contributed by atoms with Gasteiger partial charge in [0, 0.05) is 19.2 Å². The van der Waals surface area contributed by atoms with Crippen molar-refractivity contribution in [3.8, 4) is 0 Å². The zero-order valence-electron chi connectivity index (χ0n) is 11.0. The molecule has 0 atom stereocenters.